The summed E-state index contributed by atoms with van der Waals surface area (Å²) in [5, 5.41) is 13.4. The van der Waals surface area contributed by atoms with Gasteiger partial charge >= 0.3 is 0 Å². The Balaban J connectivity index is 1.47. The van der Waals surface area contributed by atoms with Gasteiger partial charge < -0.3 is 5.32 Å². The van der Waals surface area contributed by atoms with Crippen LogP contribution in [-0.2, 0) is 11.3 Å². The topological polar surface area (TPSA) is 85.6 Å². The van der Waals surface area contributed by atoms with Crippen molar-refractivity contribution in [1.29, 1.82) is 0 Å². The van der Waals surface area contributed by atoms with Crippen LogP contribution in [0.4, 0.5) is 5.82 Å². The predicted octanol–water partition coefficient (Wildman–Crippen LogP) is 6.23. The third-order valence-corrected chi connectivity index (χ3v) is 6.82. The molecule has 0 bridgehead atoms. The Morgan fingerprint density at radius 3 is 2.64 bits per heavy atom. The van der Waals surface area contributed by atoms with Gasteiger partial charge in [-0.3, -0.25) is 9.36 Å². The summed E-state index contributed by atoms with van der Waals surface area (Å²) < 4.78 is 2.82. The molecular weight excluding hydrogens is 536 g/mol. The molecule has 1 N–H and O–H groups in total. The summed E-state index contributed by atoms with van der Waals surface area (Å²) in [5.41, 5.74) is 3.67. The van der Waals surface area contributed by atoms with Gasteiger partial charge in [-0.05, 0) is 40.2 Å². The van der Waals surface area contributed by atoms with E-state index in [0.717, 1.165) is 32.2 Å². The number of nitrogens with zero attached hydrogens (tertiary/aromatic N) is 5. The minimum absolute atomic E-state index is 0.166. The number of hydrogen-bond acceptors (Lipinski definition) is 6. The van der Waals surface area contributed by atoms with Gasteiger partial charge in [0, 0.05) is 33.7 Å². The van der Waals surface area contributed by atoms with Crippen molar-refractivity contribution in [3.8, 4) is 22.6 Å². The smallest absolute Gasteiger partial charge is 0.236 e. The SMILES string of the molecule is C=CCn1c(SCC(=O)Nc2ccc(Br)cn2)nnc1-c1cc(-c2ccccc2)nc2ccccc12. The van der Waals surface area contributed by atoms with Crippen molar-refractivity contribution in [3.05, 3.63) is 96.1 Å². The summed E-state index contributed by atoms with van der Waals surface area (Å²) in [6.07, 6.45) is 3.43. The Morgan fingerprint density at radius 2 is 1.86 bits per heavy atom. The van der Waals surface area contributed by atoms with E-state index in [0.29, 0.717) is 23.3 Å². The molecule has 0 aliphatic heterocycles. The molecule has 0 fully saturated rings. The fourth-order valence-corrected chi connectivity index (χ4v) is 4.75. The van der Waals surface area contributed by atoms with Crippen LogP contribution in [0, 0.1) is 0 Å². The molecule has 9 heteroatoms. The van der Waals surface area contributed by atoms with Crippen LogP contribution in [0.3, 0.4) is 0 Å². The number of rotatable bonds is 8. The quantitative estimate of drug-likeness (QED) is 0.180. The van der Waals surface area contributed by atoms with Gasteiger partial charge in [0.05, 0.1) is 17.0 Å². The second-order valence-electron chi connectivity index (χ2n) is 7.84. The van der Waals surface area contributed by atoms with Crippen molar-refractivity contribution < 1.29 is 4.79 Å². The lowest BCUT2D eigenvalue weighted by molar-refractivity contribution is -0.113. The Hall–Kier alpha value is -3.82. The summed E-state index contributed by atoms with van der Waals surface area (Å²) in [4.78, 5) is 21.6. The maximum atomic E-state index is 12.5. The van der Waals surface area contributed by atoms with E-state index in [1.54, 1.807) is 18.3 Å². The molecular formula is C27H21BrN6OS. The maximum absolute atomic E-state index is 12.5. The number of fused-ring (bicyclic) bond motifs is 1. The number of benzene rings is 2. The molecule has 5 aromatic rings. The molecule has 178 valence electrons. The highest BCUT2D eigenvalue weighted by molar-refractivity contribution is 9.10. The fraction of sp³-hybridized carbons (Fsp3) is 0.0741. The van der Waals surface area contributed by atoms with E-state index in [1.165, 1.54) is 11.8 Å². The number of halogens is 1. The molecule has 36 heavy (non-hydrogen) atoms. The first-order valence-corrected chi connectivity index (χ1v) is 12.9. The van der Waals surface area contributed by atoms with Gasteiger partial charge in [-0.15, -0.1) is 16.8 Å². The number of nitrogens with one attached hydrogen (secondary N) is 1. The number of aromatic nitrogens is 5. The van der Waals surface area contributed by atoms with Gasteiger partial charge in [-0.25, -0.2) is 9.97 Å². The van der Waals surface area contributed by atoms with Crippen LogP contribution in [0.5, 0.6) is 0 Å². The summed E-state index contributed by atoms with van der Waals surface area (Å²) in [6, 6.07) is 23.6. The van der Waals surface area contributed by atoms with Gasteiger partial charge in [-0.1, -0.05) is 66.4 Å². The number of amides is 1. The molecule has 0 spiro atoms. The fourth-order valence-electron chi connectivity index (χ4n) is 3.76. The molecule has 0 aliphatic carbocycles. The summed E-state index contributed by atoms with van der Waals surface area (Å²) in [6.45, 7) is 4.41. The first-order valence-electron chi connectivity index (χ1n) is 11.2. The lowest BCUT2D eigenvalue weighted by Gasteiger charge is -2.12. The summed E-state index contributed by atoms with van der Waals surface area (Å²) in [5.74, 6) is 1.18. The lowest BCUT2D eigenvalue weighted by Crippen LogP contribution is -2.15. The van der Waals surface area contributed by atoms with E-state index in [2.05, 4.69) is 43.0 Å². The largest absolute Gasteiger partial charge is 0.310 e. The Morgan fingerprint density at radius 1 is 1.06 bits per heavy atom. The molecule has 0 radical (unpaired) electrons. The van der Waals surface area contributed by atoms with Crippen LogP contribution in [-0.4, -0.2) is 36.4 Å². The minimum atomic E-state index is -0.176. The van der Waals surface area contributed by atoms with Crippen molar-refractivity contribution in [2.75, 3.05) is 11.1 Å². The number of hydrogen-bond donors (Lipinski definition) is 1. The number of pyridine rings is 2. The van der Waals surface area contributed by atoms with Crippen LogP contribution in [0.25, 0.3) is 33.5 Å². The van der Waals surface area contributed by atoms with E-state index in [9.17, 15) is 4.79 Å². The van der Waals surface area contributed by atoms with Gasteiger partial charge in [0.1, 0.15) is 5.82 Å². The normalized spacial score (nSPS) is 10.9. The first kappa shape index (κ1) is 23.9. The van der Waals surface area contributed by atoms with Gasteiger partial charge in [0.15, 0.2) is 11.0 Å². The van der Waals surface area contributed by atoms with Gasteiger partial charge in [-0.2, -0.15) is 0 Å². The molecule has 3 aromatic heterocycles. The number of carbonyl (C=O) groups excluding carboxylic acids is 1. The van der Waals surface area contributed by atoms with E-state index in [1.807, 2.05) is 71.3 Å². The summed E-state index contributed by atoms with van der Waals surface area (Å²) >= 11 is 4.66. The molecule has 0 saturated carbocycles. The predicted molar refractivity (Wildman–Crippen MR) is 148 cm³/mol. The average Bonchev–Trinajstić information content (AvgIpc) is 3.31. The van der Waals surface area contributed by atoms with Crippen LogP contribution in [0.15, 0.2) is 101 Å². The molecule has 3 heterocycles. The number of para-hydroxylation sites is 1. The Labute approximate surface area is 220 Å². The zero-order valence-corrected chi connectivity index (χ0v) is 21.5. The van der Waals surface area contributed by atoms with Crippen LogP contribution >= 0.6 is 27.7 Å². The highest BCUT2D eigenvalue weighted by Crippen LogP contribution is 2.33. The highest BCUT2D eigenvalue weighted by atomic mass is 79.9. The van der Waals surface area contributed by atoms with E-state index < -0.39 is 0 Å². The standard InChI is InChI=1S/C27H21BrN6OS/c1-2-14-34-26(32-33-27(34)36-17-25(35)31-24-13-12-19(28)16-29-24)21-15-23(18-8-4-3-5-9-18)30-22-11-7-6-10-20(21)22/h2-13,15-16H,1,14,17H2,(H,29,31,35). The van der Waals surface area contributed by atoms with Crippen molar-refractivity contribution in [3.63, 3.8) is 0 Å². The molecule has 5 rings (SSSR count). The zero-order chi connectivity index (χ0) is 24.9. The molecule has 7 nitrogen and oxygen atoms in total. The molecule has 0 aliphatic rings. The van der Waals surface area contributed by atoms with Crippen LogP contribution in [0.2, 0.25) is 0 Å². The second-order valence-corrected chi connectivity index (χ2v) is 9.70. The van der Waals surface area contributed by atoms with Crippen LogP contribution in [0.1, 0.15) is 0 Å². The molecule has 0 saturated heterocycles. The number of anilines is 1. The third kappa shape index (κ3) is 5.22. The highest BCUT2D eigenvalue weighted by Gasteiger charge is 2.19. The molecule has 0 unspecified atom stereocenters. The number of allylic oxidation sites excluding steroid dienone is 1. The zero-order valence-electron chi connectivity index (χ0n) is 19.1. The van der Waals surface area contributed by atoms with Crippen molar-refractivity contribution >= 4 is 50.3 Å². The molecule has 1 amide bonds. The van der Waals surface area contributed by atoms with Crippen molar-refractivity contribution in [2.24, 2.45) is 0 Å². The van der Waals surface area contributed by atoms with E-state index >= 15 is 0 Å². The van der Waals surface area contributed by atoms with E-state index in [-0.39, 0.29) is 11.7 Å². The third-order valence-electron chi connectivity index (χ3n) is 5.38. The first-order chi connectivity index (χ1) is 17.6. The van der Waals surface area contributed by atoms with Crippen molar-refractivity contribution in [1.82, 2.24) is 24.7 Å². The van der Waals surface area contributed by atoms with Gasteiger partial charge in [0.2, 0.25) is 5.91 Å². The minimum Gasteiger partial charge on any atom is -0.310 e. The van der Waals surface area contributed by atoms with Gasteiger partial charge in [0.25, 0.3) is 0 Å². The van der Waals surface area contributed by atoms with Crippen LogP contribution < -0.4 is 5.32 Å². The lowest BCUT2D eigenvalue weighted by atomic mass is 10.0. The molecule has 0 atom stereocenters. The van der Waals surface area contributed by atoms with Crippen molar-refractivity contribution in [2.45, 2.75) is 11.7 Å². The number of thioether (sulfide) groups is 1. The number of carbonyl (C=O) groups is 1. The van der Waals surface area contributed by atoms with E-state index in [4.69, 9.17) is 4.98 Å². The Kier molecular flexibility index (Phi) is 7.20. The monoisotopic (exact) mass is 556 g/mol. The average molecular weight is 557 g/mol. The molecule has 2 aromatic carbocycles. The second kappa shape index (κ2) is 10.8. The Bertz CT molecular complexity index is 1540. The maximum Gasteiger partial charge on any atom is 0.236 e. The summed E-state index contributed by atoms with van der Waals surface area (Å²) in [7, 11) is 0.